The maximum Gasteiger partial charge on any atom is 0.0953 e. The van der Waals surface area contributed by atoms with Gasteiger partial charge in [0, 0.05) is 16.0 Å². The molecule has 2 rings (SSSR count). The van der Waals surface area contributed by atoms with Crippen molar-refractivity contribution in [3.8, 4) is 0 Å². The molecule has 21 heavy (non-hydrogen) atoms. The Morgan fingerprint density at radius 1 is 1.10 bits per heavy atom. The van der Waals surface area contributed by atoms with Gasteiger partial charge in [-0.3, -0.25) is 0 Å². The van der Waals surface area contributed by atoms with E-state index >= 15 is 0 Å². The molecule has 0 aliphatic heterocycles. The summed E-state index contributed by atoms with van der Waals surface area (Å²) in [5.74, 6) is 0. The molecule has 0 saturated carbocycles. The van der Waals surface area contributed by atoms with Crippen molar-refractivity contribution in [3.63, 3.8) is 0 Å². The van der Waals surface area contributed by atoms with Crippen LogP contribution in [0.2, 0.25) is 5.02 Å². The molecule has 0 saturated heterocycles. The Balaban J connectivity index is 2.02. The SMILES string of the molecule is CCNCC(OCc1ccc(Br)cc1)c1ccc(Cl)cc1. The van der Waals surface area contributed by atoms with Gasteiger partial charge in [0.15, 0.2) is 0 Å². The molecule has 0 aromatic heterocycles. The number of hydrogen-bond acceptors (Lipinski definition) is 2. The molecule has 0 fully saturated rings. The second-order valence-corrected chi connectivity index (χ2v) is 6.14. The molecular weight excluding hydrogens is 350 g/mol. The fraction of sp³-hybridized carbons (Fsp3) is 0.294. The molecule has 2 nitrogen and oxygen atoms in total. The molecule has 0 bridgehead atoms. The van der Waals surface area contributed by atoms with E-state index in [1.165, 1.54) is 0 Å². The van der Waals surface area contributed by atoms with Gasteiger partial charge in [0.1, 0.15) is 0 Å². The van der Waals surface area contributed by atoms with Crippen LogP contribution in [0.5, 0.6) is 0 Å². The highest BCUT2D eigenvalue weighted by Gasteiger charge is 2.11. The first-order chi connectivity index (χ1) is 10.2. The zero-order valence-corrected chi connectivity index (χ0v) is 14.3. The first-order valence-corrected chi connectivity index (χ1v) is 8.18. The van der Waals surface area contributed by atoms with Gasteiger partial charge >= 0.3 is 0 Å². The fourth-order valence-corrected chi connectivity index (χ4v) is 2.39. The lowest BCUT2D eigenvalue weighted by Gasteiger charge is -2.19. The van der Waals surface area contributed by atoms with Crippen molar-refractivity contribution >= 4 is 27.5 Å². The number of benzene rings is 2. The van der Waals surface area contributed by atoms with Crippen molar-refractivity contribution in [1.82, 2.24) is 5.32 Å². The highest BCUT2D eigenvalue weighted by Crippen LogP contribution is 2.21. The van der Waals surface area contributed by atoms with Crippen LogP contribution in [0.25, 0.3) is 0 Å². The average Bonchev–Trinajstić information content (AvgIpc) is 2.50. The number of nitrogens with one attached hydrogen (secondary N) is 1. The van der Waals surface area contributed by atoms with E-state index in [0.29, 0.717) is 6.61 Å². The van der Waals surface area contributed by atoms with Crippen LogP contribution >= 0.6 is 27.5 Å². The van der Waals surface area contributed by atoms with Gasteiger partial charge < -0.3 is 10.1 Å². The Morgan fingerprint density at radius 2 is 1.76 bits per heavy atom. The van der Waals surface area contributed by atoms with E-state index < -0.39 is 0 Å². The van der Waals surface area contributed by atoms with Gasteiger partial charge in [-0.25, -0.2) is 0 Å². The molecular formula is C17H19BrClNO. The van der Waals surface area contributed by atoms with Gasteiger partial charge in [-0.2, -0.15) is 0 Å². The Morgan fingerprint density at radius 3 is 2.38 bits per heavy atom. The van der Waals surface area contributed by atoms with Gasteiger partial charge in [-0.1, -0.05) is 58.7 Å². The third kappa shape index (κ3) is 5.44. The number of ether oxygens (including phenoxy) is 1. The van der Waals surface area contributed by atoms with E-state index in [4.69, 9.17) is 16.3 Å². The van der Waals surface area contributed by atoms with Crippen LogP contribution in [0, 0.1) is 0 Å². The van der Waals surface area contributed by atoms with Crippen molar-refractivity contribution in [1.29, 1.82) is 0 Å². The summed E-state index contributed by atoms with van der Waals surface area (Å²) in [5, 5.41) is 4.09. The first kappa shape index (κ1) is 16.5. The van der Waals surface area contributed by atoms with Crippen molar-refractivity contribution in [2.24, 2.45) is 0 Å². The van der Waals surface area contributed by atoms with Crippen LogP contribution in [0.1, 0.15) is 24.2 Å². The maximum atomic E-state index is 6.08. The minimum Gasteiger partial charge on any atom is -0.368 e. The van der Waals surface area contributed by atoms with E-state index in [9.17, 15) is 0 Å². The van der Waals surface area contributed by atoms with Gasteiger partial charge in [-0.15, -0.1) is 0 Å². The van der Waals surface area contributed by atoms with Gasteiger partial charge in [0.25, 0.3) is 0 Å². The summed E-state index contributed by atoms with van der Waals surface area (Å²) in [6, 6.07) is 16.0. The molecule has 0 heterocycles. The minimum atomic E-state index is 0.0193. The lowest BCUT2D eigenvalue weighted by atomic mass is 10.1. The predicted molar refractivity (Wildman–Crippen MR) is 91.7 cm³/mol. The first-order valence-electron chi connectivity index (χ1n) is 7.01. The smallest absolute Gasteiger partial charge is 0.0953 e. The number of rotatable bonds is 7. The molecule has 2 aromatic carbocycles. The predicted octanol–water partition coefficient (Wildman–Crippen LogP) is 4.97. The van der Waals surface area contributed by atoms with Crippen molar-refractivity contribution in [2.75, 3.05) is 13.1 Å². The normalized spacial score (nSPS) is 12.3. The van der Waals surface area contributed by atoms with E-state index in [1.54, 1.807) is 0 Å². The summed E-state index contributed by atoms with van der Waals surface area (Å²) in [6.45, 7) is 4.39. The molecule has 2 aromatic rings. The molecule has 0 amide bonds. The number of halogens is 2. The summed E-state index contributed by atoms with van der Waals surface area (Å²) in [4.78, 5) is 0. The molecule has 1 unspecified atom stereocenters. The summed E-state index contributed by atoms with van der Waals surface area (Å²) in [6.07, 6.45) is 0.0193. The molecule has 0 aliphatic carbocycles. The van der Waals surface area contributed by atoms with E-state index in [0.717, 1.165) is 33.7 Å². The zero-order chi connectivity index (χ0) is 15.1. The summed E-state index contributed by atoms with van der Waals surface area (Å²) in [7, 11) is 0. The summed E-state index contributed by atoms with van der Waals surface area (Å²) < 4.78 is 7.15. The third-order valence-electron chi connectivity index (χ3n) is 3.19. The van der Waals surface area contributed by atoms with Crippen LogP contribution < -0.4 is 5.32 Å². The lowest BCUT2D eigenvalue weighted by Crippen LogP contribution is -2.23. The lowest BCUT2D eigenvalue weighted by molar-refractivity contribution is 0.0401. The topological polar surface area (TPSA) is 21.3 Å². The minimum absolute atomic E-state index is 0.0193. The Hall–Kier alpha value is -0.870. The molecule has 1 N–H and O–H groups in total. The molecule has 0 spiro atoms. The third-order valence-corrected chi connectivity index (χ3v) is 3.97. The maximum absolute atomic E-state index is 6.08. The number of hydrogen-bond donors (Lipinski definition) is 1. The van der Waals surface area contributed by atoms with Gasteiger partial charge in [0.2, 0.25) is 0 Å². The number of likely N-dealkylation sites (N-methyl/N-ethyl adjacent to an activating group) is 1. The Kier molecular flexibility index (Phi) is 6.71. The molecule has 112 valence electrons. The van der Waals surface area contributed by atoms with Crippen LogP contribution in [0.4, 0.5) is 0 Å². The van der Waals surface area contributed by atoms with Crippen LogP contribution in [0.15, 0.2) is 53.0 Å². The summed E-state index contributed by atoms with van der Waals surface area (Å²) >= 11 is 9.39. The molecule has 1 atom stereocenters. The van der Waals surface area contributed by atoms with E-state index in [2.05, 4.69) is 40.3 Å². The van der Waals surface area contributed by atoms with Crippen LogP contribution in [-0.2, 0) is 11.3 Å². The monoisotopic (exact) mass is 367 g/mol. The highest BCUT2D eigenvalue weighted by molar-refractivity contribution is 9.10. The van der Waals surface area contributed by atoms with Crippen LogP contribution in [-0.4, -0.2) is 13.1 Å². The molecule has 4 heteroatoms. The Labute approximate surface area is 139 Å². The van der Waals surface area contributed by atoms with E-state index in [1.807, 2.05) is 36.4 Å². The second-order valence-electron chi connectivity index (χ2n) is 4.79. The van der Waals surface area contributed by atoms with Crippen molar-refractivity contribution in [3.05, 3.63) is 69.2 Å². The standard InChI is InChI=1S/C17H19BrClNO/c1-2-20-11-17(14-5-9-16(19)10-6-14)21-12-13-3-7-15(18)8-4-13/h3-10,17,20H,2,11-12H2,1H3. The van der Waals surface area contributed by atoms with E-state index in [-0.39, 0.29) is 6.10 Å². The van der Waals surface area contributed by atoms with Crippen molar-refractivity contribution in [2.45, 2.75) is 19.6 Å². The summed E-state index contributed by atoms with van der Waals surface area (Å²) in [5.41, 5.74) is 2.30. The zero-order valence-electron chi connectivity index (χ0n) is 12.0. The van der Waals surface area contributed by atoms with Crippen molar-refractivity contribution < 1.29 is 4.74 Å². The van der Waals surface area contributed by atoms with Gasteiger partial charge in [-0.05, 0) is 41.9 Å². The molecule has 0 aliphatic rings. The quantitative estimate of drug-likeness (QED) is 0.745. The highest BCUT2D eigenvalue weighted by atomic mass is 79.9. The van der Waals surface area contributed by atoms with Gasteiger partial charge in [0.05, 0.1) is 12.7 Å². The fourth-order valence-electron chi connectivity index (χ4n) is 2.00. The second kappa shape index (κ2) is 8.54. The largest absolute Gasteiger partial charge is 0.368 e. The Bertz CT molecular complexity index is 542. The molecule has 0 radical (unpaired) electrons. The average molecular weight is 369 g/mol. The van der Waals surface area contributed by atoms with Crippen LogP contribution in [0.3, 0.4) is 0 Å².